The van der Waals surface area contributed by atoms with Crippen molar-refractivity contribution in [2.45, 2.75) is 31.7 Å². The van der Waals surface area contributed by atoms with Gasteiger partial charge in [-0.15, -0.1) is 0 Å². The number of benzene rings is 1. The summed E-state index contributed by atoms with van der Waals surface area (Å²) >= 11 is 0. The second-order valence-electron chi connectivity index (χ2n) is 5.00. The Morgan fingerprint density at radius 3 is 2.81 bits per heavy atom. The maximum absolute atomic E-state index is 3.67. The molecule has 0 aromatic heterocycles. The van der Waals surface area contributed by atoms with E-state index < -0.39 is 0 Å². The highest BCUT2D eigenvalue weighted by Gasteiger charge is 2.26. The van der Waals surface area contributed by atoms with Gasteiger partial charge in [-0.3, -0.25) is 0 Å². The van der Waals surface area contributed by atoms with Crippen LogP contribution in [0.5, 0.6) is 0 Å². The maximum Gasteiger partial charge on any atom is 0.0289 e. The van der Waals surface area contributed by atoms with Crippen LogP contribution in [0.4, 0.5) is 0 Å². The van der Waals surface area contributed by atoms with E-state index in [0.717, 1.165) is 19.6 Å². The zero-order valence-electron chi connectivity index (χ0n) is 10.1. The molecule has 0 saturated carbocycles. The molecular formula is C14H22N2. The van der Waals surface area contributed by atoms with E-state index in [1.165, 1.54) is 24.8 Å². The van der Waals surface area contributed by atoms with E-state index in [1.54, 1.807) is 0 Å². The minimum Gasteiger partial charge on any atom is -0.315 e. The van der Waals surface area contributed by atoms with E-state index in [2.05, 4.69) is 47.9 Å². The predicted molar refractivity (Wildman–Crippen MR) is 68.7 cm³/mol. The van der Waals surface area contributed by atoms with Crippen LogP contribution in [0.2, 0.25) is 0 Å². The number of hydrogen-bond donors (Lipinski definition) is 2. The molecule has 0 spiro atoms. The molecule has 2 nitrogen and oxygen atoms in total. The van der Waals surface area contributed by atoms with E-state index in [-0.39, 0.29) is 0 Å². The van der Waals surface area contributed by atoms with Gasteiger partial charge in [0.05, 0.1) is 0 Å². The molecule has 1 saturated heterocycles. The lowest BCUT2D eigenvalue weighted by Gasteiger charge is -2.24. The molecule has 1 heterocycles. The minimum atomic E-state index is 0.330. The Balaban J connectivity index is 1.65. The van der Waals surface area contributed by atoms with Gasteiger partial charge in [0.1, 0.15) is 0 Å². The molecule has 2 rings (SSSR count). The molecule has 1 fully saturated rings. The van der Waals surface area contributed by atoms with Crippen LogP contribution in [0.1, 0.15) is 25.3 Å². The largest absolute Gasteiger partial charge is 0.315 e. The third kappa shape index (κ3) is 3.32. The molecule has 0 bridgehead atoms. The SMILES string of the molecule is CC1(NCCCc2ccccc2)CCNC1. The monoisotopic (exact) mass is 218 g/mol. The van der Waals surface area contributed by atoms with Crippen molar-refractivity contribution >= 4 is 0 Å². The number of rotatable bonds is 5. The van der Waals surface area contributed by atoms with Gasteiger partial charge in [-0.25, -0.2) is 0 Å². The van der Waals surface area contributed by atoms with Gasteiger partial charge in [-0.1, -0.05) is 30.3 Å². The van der Waals surface area contributed by atoms with E-state index >= 15 is 0 Å². The average Bonchev–Trinajstić information content (AvgIpc) is 2.74. The van der Waals surface area contributed by atoms with Crippen LogP contribution in [0.3, 0.4) is 0 Å². The minimum absolute atomic E-state index is 0.330. The van der Waals surface area contributed by atoms with E-state index in [0.29, 0.717) is 5.54 Å². The summed E-state index contributed by atoms with van der Waals surface area (Å²) in [5, 5.41) is 7.07. The van der Waals surface area contributed by atoms with E-state index in [4.69, 9.17) is 0 Å². The van der Waals surface area contributed by atoms with Crippen molar-refractivity contribution in [1.82, 2.24) is 10.6 Å². The van der Waals surface area contributed by atoms with Gasteiger partial charge in [-0.05, 0) is 44.8 Å². The molecule has 0 amide bonds. The van der Waals surface area contributed by atoms with E-state index in [9.17, 15) is 0 Å². The molecule has 0 radical (unpaired) electrons. The van der Waals surface area contributed by atoms with Crippen LogP contribution in [-0.2, 0) is 6.42 Å². The Labute approximate surface area is 98.4 Å². The van der Waals surface area contributed by atoms with Crippen molar-refractivity contribution in [2.75, 3.05) is 19.6 Å². The van der Waals surface area contributed by atoms with Gasteiger partial charge in [0.2, 0.25) is 0 Å². The van der Waals surface area contributed by atoms with E-state index in [1.807, 2.05) is 0 Å². The first-order valence-corrected chi connectivity index (χ1v) is 6.28. The zero-order chi connectivity index (χ0) is 11.3. The first-order chi connectivity index (χ1) is 7.79. The van der Waals surface area contributed by atoms with Gasteiger partial charge in [0, 0.05) is 12.1 Å². The van der Waals surface area contributed by atoms with Crippen LogP contribution >= 0.6 is 0 Å². The molecule has 16 heavy (non-hydrogen) atoms. The smallest absolute Gasteiger partial charge is 0.0289 e. The van der Waals surface area contributed by atoms with Crippen LogP contribution in [0, 0.1) is 0 Å². The summed E-state index contributed by atoms with van der Waals surface area (Å²) in [6.07, 6.45) is 3.65. The van der Waals surface area contributed by atoms with Crippen LogP contribution in [0.25, 0.3) is 0 Å². The molecule has 1 aromatic carbocycles. The summed E-state index contributed by atoms with van der Waals surface area (Å²) in [6.45, 7) is 5.70. The topological polar surface area (TPSA) is 24.1 Å². The predicted octanol–water partition coefficient (Wildman–Crippen LogP) is 1.96. The fourth-order valence-electron chi connectivity index (χ4n) is 2.30. The Hall–Kier alpha value is -0.860. The molecule has 88 valence electrons. The maximum atomic E-state index is 3.67. The summed E-state index contributed by atoms with van der Waals surface area (Å²) in [5.74, 6) is 0. The van der Waals surface area contributed by atoms with Crippen molar-refractivity contribution in [3.8, 4) is 0 Å². The number of hydrogen-bond acceptors (Lipinski definition) is 2. The second kappa shape index (κ2) is 5.46. The first-order valence-electron chi connectivity index (χ1n) is 6.28. The quantitative estimate of drug-likeness (QED) is 0.738. The van der Waals surface area contributed by atoms with Crippen molar-refractivity contribution in [1.29, 1.82) is 0 Å². The van der Waals surface area contributed by atoms with Crippen LogP contribution in [-0.4, -0.2) is 25.2 Å². The second-order valence-corrected chi connectivity index (χ2v) is 5.00. The summed E-state index contributed by atoms with van der Waals surface area (Å²) in [4.78, 5) is 0. The summed E-state index contributed by atoms with van der Waals surface area (Å²) in [7, 11) is 0. The first kappa shape index (κ1) is 11.6. The molecule has 2 heteroatoms. The third-order valence-corrected chi connectivity index (χ3v) is 3.41. The normalized spacial score (nSPS) is 24.8. The molecule has 1 atom stereocenters. The fourth-order valence-corrected chi connectivity index (χ4v) is 2.30. The van der Waals surface area contributed by atoms with Crippen molar-refractivity contribution in [2.24, 2.45) is 0 Å². The Kier molecular flexibility index (Phi) is 3.97. The lowest BCUT2D eigenvalue weighted by atomic mass is 10.0. The highest BCUT2D eigenvalue weighted by Crippen LogP contribution is 2.13. The Bertz CT molecular complexity index is 302. The van der Waals surface area contributed by atoms with Gasteiger partial charge < -0.3 is 10.6 Å². The molecule has 1 aliphatic heterocycles. The molecule has 0 aliphatic carbocycles. The van der Waals surface area contributed by atoms with Crippen molar-refractivity contribution in [3.05, 3.63) is 35.9 Å². The van der Waals surface area contributed by atoms with Gasteiger partial charge in [0.25, 0.3) is 0 Å². The Morgan fingerprint density at radius 2 is 2.12 bits per heavy atom. The molecular weight excluding hydrogens is 196 g/mol. The van der Waals surface area contributed by atoms with Crippen molar-refractivity contribution in [3.63, 3.8) is 0 Å². The molecule has 1 aromatic rings. The number of aryl methyl sites for hydroxylation is 1. The Morgan fingerprint density at radius 1 is 1.31 bits per heavy atom. The zero-order valence-corrected chi connectivity index (χ0v) is 10.1. The standard InChI is InChI=1S/C14H22N2/c1-14(9-11-15-12-14)16-10-5-8-13-6-3-2-4-7-13/h2-4,6-7,15-16H,5,8-12H2,1H3. The van der Waals surface area contributed by atoms with Crippen LogP contribution < -0.4 is 10.6 Å². The van der Waals surface area contributed by atoms with Crippen LogP contribution in [0.15, 0.2) is 30.3 Å². The highest BCUT2D eigenvalue weighted by atomic mass is 15.1. The molecule has 1 unspecified atom stereocenters. The lowest BCUT2D eigenvalue weighted by Crippen LogP contribution is -2.44. The van der Waals surface area contributed by atoms with Gasteiger partial charge >= 0.3 is 0 Å². The highest BCUT2D eigenvalue weighted by molar-refractivity contribution is 5.14. The number of nitrogens with one attached hydrogen (secondary N) is 2. The summed E-state index contributed by atoms with van der Waals surface area (Å²) in [6, 6.07) is 10.7. The third-order valence-electron chi connectivity index (χ3n) is 3.41. The van der Waals surface area contributed by atoms with Gasteiger partial charge in [0.15, 0.2) is 0 Å². The van der Waals surface area contributed by atoms with Crippen molar-refractivity contribution < 1.29 is 0 Å². The lowest BCUT2D eigenvalue weighted by molar-refractivity contribution is 0.385. The molecule has 2 N–H and O–H groups in total. The summed E-state index contributed by atoms with van der Waals surface area (Å²) in [5.41, 5.74) is 1.77. The fraction of sp³-hybridized carbons (Fsp3) is 0.571. The average molecular weight is 218 g/mol. The van der Waals surface area contributed by atoms with Gasteiger partial charge in [-0.2, -0.15) is 0 Å². The summed E-state index contributed by atoms with van der Waals surface area (Å²) < 4.78 is 0. The molecule has 1 aliphatic rings.